The molecule has 2 aromatic heterocycles. The van der Waals surface area contributed by atoms with Crippen LogP contribution in [0.1, 0.15) is 48.5 Å². The number of hydrogen-bond donors (Lipinski definition) is 0. The molecule has 0 saturated carbocycles. The highest BCUT2D eigenvalue weighted by Gasteiger charge is 2.54. The quantitative estimate of drug-likeness (QED) is 0.170. The van der Waals surface area contributed by atoms with Gasteiger partial charge in [0.05, 0.1) is 0 Å². The first-order valence-electron chi connectivity index (χ1n) is 15.3. The van der Waals surface area contributed by atoms with Crippen molar-refractivity contribution in [3.8, 4) is 17.2 Å². The molecule has 7 heteroatoms. The second-order valence-electron chi connectivity index (χ2n) is 11.9. The lowest BCUT2D eigenvalue weighted by Gasteiger charge is -2.27. The Labute approximate surface area is 266 Å². The van der Waals surface area contributed by atoms with Crippen LogP contribution < -0.4 is 14.2 Å². The molecule has 46 heavy (non-hydrogen) atoms. The van der Waals surface area contributed by atoms with Crippen LogP contribution in [-0.2, 0) is 25.0 Å². The molecule has 1 aliphatic heterocycles. The van der Waals surface area contributed by atoms with Crippen LogP contribution in [0.4, 0.5) is 0 Å². The van der Waals surface area contributed by atoms with Gasteiger partial charge in [-0.05, 0) is 89.7 Å². The Morgan fingerprint density at radius 2 is 1.59 bits per heavy atom. The van der Waals surface area contributed by atoms with Crippen molar-refractivity contribution in [3.05, 3.63) is 155 Å². The molecule has 2 aliphatic rings. The van der Waals surface area contributed by atoms with Gasteiger partial charge in [-0.2, -0.15) is 0 Å². The van der Waals surface area contributed by atoms with Crippen molar-refractivity contribution in [2.75, 3.05) is 6.79 Å². The van der Waals surface area contributed by atoms with Gasteiger partial charge in [0, 0.05) is 47.2 Å². The van der Waals surface area contributed by atoms with Crippen molar-refractivity contribution in [3.63, 3.8) is 0 Å². The summed E-state index contributed by atoms with van der Waals surface area (Å²) in [5.74, 6) is 1.59. The maximum absolute atomic E-state index is 14.7. The van der Waals surface area contributed by atoms with Crippen molar-refractivity contribution >= 4 is 22.5 Å². The van der Waals surface area contributed by atoms with Gasteiger partial charge >= 0.3 is 0 Å². The van der Waals surface area contributed by atoms with Crippen LogP contribution in [0, 0.1) is 6.92 Å². The fraction of sp³-hybridized carbons (Fsp3) is 0.154. The van der Waals surface area contributed by atoms with Crippen LogP contribution in [0.2, 0.25) is 0 Å². The van der Waals surface area contributed by atoms with Crippen LogP contribution in [0.25, 0.3) is 10.9 Å². The molecule has 0 N–H and O–H groups in total. The average Bonchev–Trinajstić information content (AvgIpc) is 3.74. The number of aromatic nitrogens is 2. The molecule has 0 bridgehead atoms. The lowest BCUT2D eigenvalue weighted by atomic mass is 9.71. The standard InChI is InChI=1S/C39H30N2O5/c1-25-21-41(22-28-7-12-35-36(17-28)46-24-45-35)34-18-29(8-10-31(25)34)39(20-26-13-15-40-16-14-26)37(42)32-11-9-30(19-33(32)38(39)43)44-23-27-5-3-2-4-6-27/h2-19,21H,20,22-24H2,1H3. The molecule has 226 valence electrons. The predicted molar refractivity (Wildman–Crippen MR) is 174 cm³/mol. The first-order valence-corrected chi connectivity index (χ1v) is 15.3. The largest absolute Gasteiger partial charge is 0.489 e. The Hall–Kier alpha value is -5.69. The summed E-state index contributed by atoms with van der Waals surface area (Å²) in [6.45, 7) is 3.24. The van der Waals surface area contributed by atoms with Crippen LogP contribution >= 0.6 is 0 Å². The van der Waals surface area contributed by atoms with E-state index < -0.39 is 5.41 Å². The summed E-state index contributed by atoms with van der Waals surface area (Å²) in [6.07, 6.45) is 5.71. The number of fused-ring (bicyclic) bond motifs is 3. The van der Waals surface area contributed by atoms with Crippen LogP contribution in [0.3, 0.4) is 0 Å². The second kappa shape index (κ2) is 11.0. The molecule has 1 aliphatic carbocycles. The number of aryl methyl sites for hydroxylation is 1. The second-order valence-corrected chi connectivity index (χ2v) is 11.9. The van der Waals surface area contributed by atoms with Gasteiger partial charge in [0.25, 0.3) is 0 Å². The number of benzene rings is 4. The van der Waals surface area contributed by atoms with Gasteiger partial charge < -0.3 is 18.8 Å². The molecule has 4 aromatic carbocycles. The van der Waals surface area contributed by atoms with Crippen LogP contribution in [-0.4, -0.2) is 27.9 Å². The number of hydrogen-bond acceptors (Lipinski definition) is 6. The molecular formula is C39H30N2O5. The molecular weight excluding hydrogens is 576 g/mol. The maximum atomic E-state index is 14.7. The summed E-state index contributed by atoms with van der Waals surface area (Å²) >= 11 is 0. The van der Waals surface area contributed by atoms with E-state index in [1.165, 1.54) is 0 Å². The van der Waals surface area contributed by atoms with E-state index in [0.717, 1.165) is 44.7 Å². The van der Waals surface area contributed by atoms with E-state index in [0.29, 0.717) is 35.6 Å². The van der Waals surface area contributed by atoms with E-state index in [1.54, 1.807) is 30.6 Å². The number of rotatable bonds is 8. The van der Waals surface area contributed by atoms with Gasteiger partial charge in [-0.25, -0.2) is 0 Å². The molecule has 1 unspecified atom stereocenters. The summed E-state index contributed by atoms with van der Waals surface area (Å²) in [5, 5.41) is 1.07. The Bertz CT molecular complexity index is 2140. The maximum Gasteiger partial charge on any atom is 0.231 e. The van der Waals surface area contributed by atoms with Crippen LogP contribution in [0.15, 0.2) is 116 Å². The highest BCUT2D eigenvalue weighted by molar-refractivity contribution is 6.33. The van der Waals surface area contributed by atoms with E-state index in [9.17, 15) is 9.59 Å². The Morgan fingerprint density at radius 1 is 0.783 bits per heavy atom. The van der Waals surface area contributed by atoms with Gasteiger partial charge in [-0.1, -0.05) is 48.5 Å². The lowest BCUT2D eigenvalue weighted by Crippen LogP contribution is -2.40. The zero-order chi connectivity index (χ0) is 31.3. The molecule has 3 heterocycles. The highest BCUT2D eigenvalue weighted by Crippen LogP contribution is 2.44. The van der Waals surface area contributed by atoms with E-state index in [4.69, 9.17) is 14.2 Å². The number of nitrogens with zero attached hydrogens (tertiary/aromatic N) is 2. The van der Waals surface area contributed by atoms with Gasteiger partial charge in [0.1, 0.15) is 17.8 Å². The first-order chi connectivity index (χ1) is 22.5. The normalized spacial score (nSPS) is 16.6. The summed E-state index contributed by atoms with van der Waals surface area (Å²) < 4.78 is 19.3. The van der Waals surface area contributed by atoms with Crippen molar-refractivity contribution in [1.29, 1.82) is 0 Å². The lowest BCUT2D eigenvalue weighted by molar-refractivity contribution is 0.0793. The molecule has 0 saturated heterocycles. The summed E-state index contributed by atoms with van der Waals surface area (Å²) in [7, 11) is 0. The average molecular weight is 607 g/mol. The number of carbonyl (C=O) groups is 2. The molecule has 8 rings (SSSR count). The minimum atomic E-state index is -1.43. The zero-order valence-electron chi connectivity index (χ0n) is 25.2. The van der Waals surface area contributed by atoms with Gasteiger partial charge in [-0.3, -0.25) is 14.6 Å². The molecule has 7 nitrogen and oxygen atoms in total. The minimum absolute atomic E-state index is 0.205. The van der Waals surface area contributed by atoms with Crippen molar-refractivity contribution in [2.24, 2.45) is 0 Å². The fourth-order valence-electron chi connectivity index (χ4n) is 6.74. The van der Waals surface area contributed by atoms with Gasteiger partial charge in [-0.15, -0.1) is 0 Å². The number of Topliss-reactive ketones (excluding diaryl/α,β-unsaturated/α-hetero) is 2. The summed E-state index contributed by atoms with van der Waals surface area (Å²) in [4.78, 5) is 33.4. The molecule has 0 amide bonds. The SMILES string of the molecule is Cc1cn(Cc2ccc3c(c2)OCO3)c2cc(C3(Cc4ccncc4)C(=O)c4ccc(OCc5ccccc5)cc4C3=O)ccc12. The number of carbonyl (C=O) groups excluding carboxylic acids is 2. The van der Waals surface area contributed by atoms with Crippen LogP contribution in [0.5, 0.6) is 17.2 Å². The smallest absolute Gasteiger partial charge is 0.231 e. The topological polar surface area (TPSA) is 79.7 Å². The van der Waals surface area contributed by atoms with Gasteiger partial charge in [0.2, 0.25) is 6.79 Å². The fourth-order valence-corrected chi connectivity index (χ4v) is 6.74. The third-order valence-corrected chi connectivity index (χ3v) is 9.09. The zero-order valence-corrected chi connectivity index (χ0v) is 25.2. The number of pyridine rings is 1. The van der Waals surface area contributed by atoms with Crippen molar-refractivity contribution in [2.45, 2.75) is 31.9 Å². The van der Waals surface area contributed by atoms with E-state index in [2.05, 4.69) is 22.7 Å². The molecule has 1 atom stereocenters. The highest BCUT2D eigenvalue weighted by atomic mass is 16.7. The number of ketones is 2. The molecule has 0 spiro atoms. The Kier molecular flexibility index (Phi) is 6.68. The number of ether oxygens (including phenoxy) is 3. The Morgan fingerprint density at radius 3 is 2.43 bits per heavy atom. The summed E-state index contributed by atoms with van der Waals surface area (Å²) in [6, 6.07) is 30.8. The Balaban J connectivity index is 1.20. The van der Waals surface area contributed by atoms with E-state index in [1.807, 2.05) is 78.9 Å². The van der Waals surface area contributed by atoms with Gasteiger partial charge in [0.15, 0.2) is 23.1 Å². The summed E-state index contributed by atoms with van der Waals surface area (Å²) in [5.41, 5.74) is 5.03. The molecule has 0 radical (unpaired) electrons. The third kappa shape index (κ3) is 4.63. The van der Waals surface area contributed by atoms with Crippen molar-refractivity contribution < 1.29 is 23.8 Å². The predicted octanol–water partition coefficient (Wildman–Crippen LogP) is 7.26. The van der Waals surface area contributed by atoms with Crippen molar-refractivity contribution in [1.82, 2.24) is 9.55 Å². The first kappa shape index (κ1) is 27.8. The molecule has 6 aromatic rings. The third-order valence-electron chi connectivity index (χ3n) is 9.09. The monoisotopic (exact) mass is 606 g/mol. The van der Waals surface area contributed by atoms with E-state index >= 15 is 0 Å². The van der Waals surface area contributed by atoms with E-state index in [-0.39, 0.29) is 24.8 Å². The molecule has 0 fully saturated rings. The minimum Gasteiger partial charge on any atom is -0.489 e.